The molecule has 0 aliphatic carbocycles. The van der Waals surface area contributed by atoms with Crippen LogP contribution in [0.25, 0.3) is 10.2 Å². The highest BCUT2D eigenvalue weighted by Gasteiger charge is 2.20. The van der Waals surface area contributed by atoms with Gasteiger partial charge in [-0.15, -0.1) is 22.7 Å². The maximum Gasteiger partial charge on any atom is 0.262 e. The number of pyridine rings is 1. The van der Waals surface area contributed by atoms with Crippen LogP contribution in [-0.2, 0) is 6.54 Å². The van der Waals surface area contributed by atoms with E-state index in [4.69, 9.17) is 0 Å². The first kappa shape index (κ1) is 18.5. The maximum absolute atomic E-state index is 12.7. The molecule has 0 saturated heterocycles. The van der Waals surface area contributed by atoms with Crippen LogP contribution >= 0.6 is 22.7 Å². The zero-order valence-corrected chi connectivity index (χ0v) is 17.1. The van der Waals surface area contributed by atoms with Crippen LogP contribution in [0.2, 0.25) is 0 Å². The molecule has 1 unspecified atom stereocenters. The van der Waals surface area contributed by atoms with Crippen molar-refractivity contribution in [2.24, 2.45) is 0 Å². The van der Waals surface area contributed by atoms with Gasteiger partial charge in [-0.05, 0) is 43.0 Å². The van der Waals surface area contributed by atoms with Gasteiger partial charge < -0.3 is 10.6 Å². The van der Waals surface area contributed by atoms with Crippen molar-refractivity contribution in [3.63, 3.8) is 0 Å². The Balaban J connectivity index is 1.59. The molecule has 0 aliphatic rings. The number of nitrogens with zero attached hydrogens (tertiary/aromatic N) is 3. The third-order valence-corrected chi connectivity index (χ3v) is 6.67. The van der Waals surface area contributed by atoms with E-state index in [2.05, 4.69) is 44.0 Å². The fourth-order valence-electron chi connectivity index (χ4n) is 2.97. The average Bonchev–Trinajstić information content (AvgIpc) is 3.36. The minimum Gasteiger partial charge on any atom is -0.362 e. The largest absolute Gasteiger partial charge is 0.362 e. The molecule has 4 aromatic rings. The molecular formula is C20H19N5OS2. The van der Waals surface area contributed by atoms with Crippen LogP contribution in [0.5, 0.6) is 0 Å². The van der Waals surface area contributed by atoms with E-state index in [0.717, 1.165) is 27.3 Å². The van der Waals surface area contributed by atoms with Gasteiger partial charge in [-0.1, -0.05) is 12.1 Å². The van der Waals surface area contributed by atoms with Crippen molar-refractivity contribution < 1.29 is 4.79 Å². The molecule has 0 fully saturated rings. The van der Waals surface area contributed by atoms with Gasteiger partial charge in [-0.25, -0.2) is 9.97 Å². The molecule has 0 aromatic carbocycles. The molecule has 0 bridgehead atoms. The monoisotopic (exact) mass is 409 g/mol. The number of carbonyl (C=O) groups is 1. The quantitative estimate of drug-likeness (QED) is 0.488. The molecule has 2 N–H and O–H groups in total. The van der Waals surface area contributed by atoms with E-state index in [9.17, 15) is 4.79 Å². The summed E-state index contributed by atoms with van der Waals surface area (Å²) in [5, 5.41) is 9.36. The van der Waals surface area contributed by atoms with Gasteiger partial charge in [0.2, 0.25) is 0 Å². The Bertz CT molecular complexity index is 1090. The Morgan fingerprint density at radius 3 is 2.82 bits per heavy atom. The molecule has 1 atom stereocenters. The van der Waals surface area contributed by atoms with E-state index in [1.807, 2.05) is 31.2 Å². The van der Waals surface area contributed by atoms with Crippen molar-refractivity contribution in [3.05, 3.63) is 69.2 Å². The van der Waals surface area contributed by atoms with Gasteiger partial charge >= 0.3 is 0 Å². The summed E-state index contributed by atoms with van der Waals surface area (Å²) < 4.78 is 0. The summed E-state index contributed by atoms with van der Waals surface area (Å²) in [4.78, 5) is 28.5. The summed E-state index contributed by atoms with van der Waals surface area (Å²) in [6, 6.07) is 9.90. The summed E-state index contributed by atoms with van der Waals surface area (Å²) in [5.41, 5.74) is 1.71. The Morgan fingerprint density at radius 1 is 1.18 bits per heavy atom. The number of hydrogen-bond acceptors (Lipinski definition) is 7. The summed E-state index contributed by atoms with van der Waals surface area (Å²) >= 11 is 3.09. The minimum absolute atomic E-state index is 0.122. The summed E-state index contributed by atoms with van der Waals surface area (Å²) in [7, 11) is 0. The van der Waals surface area contributed by atoms with Crippen LogP contribution in [0.4, 0.5) is 5.82 Å². The lowest BCUT2D eigenvalue weighted by Gasteiger charge is -2.13. The molecule has 1 amide bonds. The number of hydrogen-bond donors (Lipinski definition) is 2. The molecular weight excluding hydrogens is 390 g/mol. The predicted octanol–water partition coefficient (Wildman–Crippen LogP) is 4.56. The highest BCUT2D eigenvalue weighted by atomic mass is 32.1. The number of aryl methyl sites for hydroxylation is 1. The topological polar surface area (TPSA) is 79.8 Å². The second-order valence-electron chi connectivity index (χ2n) is 6.34. The number of rotatable bonds is 6. The third kappa shape index (κ3) is 3.74. The van der Waals surface area contributed by atoms with Gasteiger partial charge in [-0.3, -0.25) is 9.78 Å². The molecule has 8 heteroatoms. The zero-order valence-electron chi connectivity index (χ0n) is 15.5. The van der Waals surface area contributed by atoms with Gasteiger partial charge in [0.25, 0.3) is 5.91 Å². The number of nitrogens with one attached hydrogen (secondary N) is 2. The highest BCUT2D eigenvalue weighted by Crippen LogP contribution is 2.35. The van der Waals surface area contributed by atoms with Crippen LogP contribution < -0.4 is 10.6 Å². The second kappa shape index (κ2) is 8.04. The van der Waals surface area contributed by atoms with Crippen molar-refractivity contribution in [3.8, 4) is 0 Å². The first-order chi connectivity index (χ1) is 13.6. The minimum atomic E-state index is -0.122. The number of thiophene rings is 2. The number of aromatic nitrogens is 3. The third-order valence-electron chi connectivity index (χ3n) is 4.41. The van der Waals surface area contributed by atoms with E-state index in [-0.39, 0.29) is 11.9 Å². The Morgan fingerprint density at radius 2 is 2.07 bits per heavy atom. The van der Waals surface area contributed by atoms with Crippen molar-refractivity contribution in [1.82, 2.24) is 20.3 Å². The first-order valence-corrected chi connectivity index (χ1v) is 10.5. The van der Waals surface area contributed by atoms with Crippen molar-refractivity contribution >= 4 is 44.6 Å². The molecule has 0 spiro atoms. The van der Waals surface area contributed by atoms with E-state index >= 15 is 0 Å². The number of fused-ring (bicyclic) bond motifs is 1. The summed E-state index contributed by atoms with van der Waals surface area (Å²) in [6.07, 6.45) is 3.26. The van der Waals surface area contributed by atoms with E-state index < -0.39 is 0 Å². The summed E-state index contributed by atoms with van der Waals surface area (Å²) in [6.45, 7) is 4.43. The zero-order chi connectivity index (χ0) is 19.5. The smallest absolute Gasteiger partial charge is 0.262 e. The van der Waals surface area contributed by atoms with Crippen molar-refractivity contribution in [2.75, 3.05) is 5.32 Å². The number of carbonyl (C=O) groups excluding carboxylic acids is 1. The molecule has 6 nitrogen and oxygen atoms in total. The van der Waals surface area contributed by atoms with Crippen LogP contribution in [-0.4, -0.2) is 20.9 Å². The van der Waals surface area contributed by atoms with E-state index in [1.54, 1.807) is 17.5 Å². The van der Waals surface area contributed by atoms with Crippen LogP contribution in [0.15, 0.2) is 48.2 Å². The van der Waals surface area contributed by atoms with Gasteiger partial charge in [0.1, 0.15) is 17.0 Å². The molecule has 0 radical (unpaired) electrons. The molecule has 0 aliphatic heterocycles. The predicted molar refractivity (Wildman–Crippen MR) is 114 cm³/mol. The van der Waals surface area contributed by atoms with Crippen LogP contribution in [0.3, 0.4) is 0 Å². The highest BCUT2D eigenvalue weighted by molar-refractivity contribution is 7.20. The molecule has 4 aromatic heterocycles. The molecule has 142 valence electrons. The SMILES string of the molecule is Cc1c(C(=O)NCc2ccccn2)sc2ncnc(NC(C)c3cccs3)c12. The standard InChI is InChI=1S/C20H19N5OS2/c1-12-16-18(25-13(2)15-7-5-9-27-15)23-11-24-20(16)28-17(12)19(26)22-10-14-6-3-4-8-21-14/h3-9,11,13H,10H2,1-2H3,(H,22,26)(H,23,24,25). The lowest BCUT2D eigenvalue weighted by Crippen LogP contribution is -2.22. The first-order valence-electron chi connectivity index (χ1n) is 8.85. The lowest BCUT2D eigenvalue weighted by molar-refractivity contribution is 0.0954. The van der Waals surface area contributed by atoms with Crippen LogP contribution in [0, 0.1) is 6.92 Å². The maximum atomic E-state index is 12.7. The fraction of sp³-hybridized carbons (Fsp3) is 0.200. The van der Waals surface area contributed by atoms with E-state index in [1.165, 1.54) is 22.5 Å². The van der Waals surface area contributed by atoms with Crippen molar-refractivity contribution in [2.45, 2.75) is 26.4 Å². The van der Waals surface area contributed by atoms with Crippen molar-refractivity contribution in [1.29, 1.82) is 0 Å². The lowest BCUT2D eigenvalue weighted by atomic mass is 10.2. The summed E-state index contributed by atoms with van der Waals surface area (Å²) in [5.74, 6) is 0.631. The Hall–Kier alpha value is -2.84. The fourth-order valence-corrected chi connectivity index (χ4v) is 4.76. The second-order valence-corrected chi connectivity index (χ2v) is 8.32. The Kier molecular flexibility index (Phi) is 5.31. The number of amides is 1. The van der Waals surface area contributed by atoms with E-state index in [0.29, 0.717) is 11.4 Å². The molecule has 4 heterocycles. The molecule has 0 saturated carbocycles. The normalized spacial score (nSPS) is 12.1. The van der Waals surface area contributed by atoms with Gasteiger partial charge in [0.05, 0.1) is 28.5 Å². The number of anilines is 1. The average molecular weight is 410 g/mol. The van der Waals surface area contributed by atoms with Gasteiger partial charge in [-0.2, -0.15) is 0 Å². The molecule has 28 heavy (non-hydrogen) atoms. The Labute approximate surface area is 170 Å². The molecule has 4 rings (SSSR count). The van der Waals surface area contributed by atoms with Gasteiger partial charge in [0.15, 0.2) is 0 Å². The van der Waals surface area contributed by atoms with Crippen LogP contribution in [0.1, 0.15) is 38.8 Å². The van der Waals surface area contributed by atoms with Gasteiger partial charge in [0, 0.05) is 11.1 Å².